The first-order valence-electron chi connectivity index (χ1n) is 6.39. The molecule has 1 aromatic rings. The van der Waals surface area contributed by atoms with Crippen LogP contribution in [0.1, 0.15) is 50.5 Å². The van der Waals surface area contributed by atoms with E-state index in [9.17, 15) is 4.79 Å². The van der Waals surface area contributed by atoms with Crippen molar-refractivity contribution < 1.29 is 4.79 Å². The molecule has 0 radical (unpaired) electrons. The summed E-state index contributed by atoms with van der Waals surface area (Å²) in [4.78, 5) is 12.1. The summed E-state index contributed by atoms with van der Waals surface area (Å²) >= 11 is 0. The largest absolute Gasteiger partial charge is 0.299 e. The summed E-state index contributed by atoms with van der Waals surface area (Å²) in [6, 6.07) is 10.2. The van der Waals surface area contributed by atoms with Crippen molar-refractivity contribution in [1.29, 1.82) is 0 Å². The number of ketones is 1. The lowest BCUT2D eigenvalue weighted by molar-refractivity contribution is -0.120. The molecule has 0 N–H and O–H groups in total. The van der Waals surface area contributed by atoms with Crippen molar-refractivity contribution in [2.45, 2.75) is 44.9 Å². The van der Waals surface area contributed by atoms with Crippen LogP contribution in [0.15, 0.2) is 30.3 Å². The molecule has 0 spiro atoms. The summed E-state index contributed by atoms with van der Waals surface area (Å²) in [6.07, 6.45) is 5.50. The summed E-state index contributed by atoms with van der Waals surface area (Å²) < 4.78 is 0. The minimum atomic E-state index is 0.125. The van der Waals surface area contributed by atoms with Crippen molar-refractivity contribution >= 4 is 5.78 Å². The third-order valence-electron chi connectivity index (χ3n) is 3.49. The van der Waals surface area contributed by atoms with Gasteiger partial charge in [-0.15, -0.1) is 0 Å². The molecule has 1 saturated carbocycles. The van der Waals surface area contributed by atoms with Crippen LogP contribution in [-0.2, 0) is 4.79 Å². The minimum absolute atomic E-state index is 0.125. The number of rotatable bonds is 6. The van der Waals surface area contributed by atoms with E-state index in [-0.39, 0.29) is 5.92 Å². The summed E-state index contributed by atoms with van der Waals surface area (Å²) in [5.74, 6) is 1.41. The Morgan fingerprint density at radius 3 is 2.56 bits per heavy atom. The molecule has 0 aliphatic heterocycles. The van der Waals surface area contributed by atoms with Crippen LogP contribution in [0.4, 0.5) is 0 Å². The van der Waals surface area contributed by atoms with E-state index in [1.165, 1.54) is 18.4 Å². The Bertz CT molecular complexity index is 338. The SMILES string of the molecule is CCC(C(=O)CCC1CC1)c1ccccc1. The fraction of sp³-hybridized carbons (Fsp3) is 0.533. The van der Waals surface area contributed by atoms with Gasteiger partial charge in [0.2, 0.25) is 0 Å². The number of hydrogen-bond acceptors (Lipinski definition) is 1. The Kier molecular flexibility index (Phi) is 3.76. The zero-order valence-corrected chi connectivity index (χ0v) is 9.99. The molecule has 1 aliphatic rings. The standard InChI is InChI=1S/C15H20O/c1-2-14(13-6-4-3-5-7-13)15(16)11-10-12-8-9-12/h3-7,12,14H,2,8-11H2,1H3. The number of hydrogen-bond donors (Lipinski definition) is 0. The lowest BCUT2D eigenvalue weighted by Crippen LogP contribution is -2.11. The molecule has 0 bridgehead atoms. The first-order valence-corrected chi connectivity index (χ1v) is 6.39. The van der Waals surface area contributed by atoms with Gasteiger partial charge in [-0.25, -0.2) is 0 Å². The fourth-order valence-electron chi connectivity index (χ4n) is 2.26. The third-order valence-corrected chi connectivity index (χ3v) is 3.49. The summed E-state index contributed by atoms with van der Waals surface area (Å²) in [6.45, 7) is 2.10. The lowest BCUT2D eigenvalue weighted by Gasteiger charge is -2.13. The van der Waals surface area contributed by atoms with Crippen LogP contribution in [0.2, 0.25) is 0 Å². The van der Waals surface area contributed by atoms with Crippen LogP contribution in [0.3, 0.4) is 0 Å². The number of benzene rings is 1. The van der Waals surface area contributed by atoms with Gasteiger partial charge in [-0.2, -0.15) is 0 Å². The maximum absolute atomic E-state index is 12.1. The van der Waals surface area contributed by atoms with Gasteiger partial charge in [-0.3, -0.25) is 4.79 Å². The zero-order chi connectivity index (χ0) is 11.4. The Morgan fingerprint density at radius 1 is 1.31 bits per heavy atom. The molecule has 1 atom stereocenters. The second-order valence-electron chi connectivity index (χ2n) is 4.82. The predicted molar refractivity (Wildman–Crippen MR) is 66.4 cm³/mol. The second kappa shape index (κ2) is 5.29. The highest BCUT2D eigenvalue weighted by molar-refractivity contribution is 5.85. The molecule has 1 fully saturated rings. The Balaban J connectivity index is 1.95. The summed E-state index contributed by atoms with van der Waals surface area (Å²) in [5, 5.41) is 0. The van der Waals surface area contributed by atoms with E-state index in [0.29, 0.717) is 5.78 Å². The number of Topliss-reactive ketones (excluding diaryl/α,β-unsaturated/α-hetero) is 1. The molecule has 1 heteroatoms. The molecule has 0 heterocycles. The minimum Gasteiger partial charge on any atom is -0.299 e. The van der Waals surface area contributed by atoms with E-state index in [1.807, 2.05) is 18.2 Å². The van der Waals surface area contributed by atoms with Crippen molar-refractivity contribution in [3.63, 3.8) is 0 Å². The molecule has 1 nitrogen and oxygen atoms in total. The normalized spacial score (nSPS) is 17.1. The smallest absolute Gasteiger partial charge is 0.140 e. The van der Waals surface area contributed by atoms with Gasteiger partial charge in [0.1, 0.15) is 5.78 Å². The highest BCUT2D eigenvalue weighted by atomic mass is 16.1. The second-order valence-corrected chi connectivity index (χ2v) is 4.82. The Hall–Kier alpha value is -1.11. The average Bonchev–Trinajstić information content (AvgIpc) is 3.13. The first kappa shape index (κ1) is 11.4. The van der Waals surface area contributed by atoms with Crippen LogP contribution in [0, 0.1) is 5.92 Å². The van der Waals surface area contributed by atoms with E-state index in [0.717, 1.165) is 25.2 Å². The summed E-state index contributed by atoms with van der Waals surface area (Å²) in [5.41, 5.74) is 1.19. The van der Waals surface area contributed by atoms with Crippen LogP contribution >= 0.6 is 0 Å². The van der Waals surface area contributed by atoms with Gasteiger partial charge in [-0.1, -0.05) is 50.1 Å². The van der Waals surface area contributed by atoms with E-state index in [4.69, 9.17) is 0 Å². The molecule has 0 amide bonds. The van der Waals surface area contributed by atoms with E-state index in [2.05, 4.69) is 19.1 Å². The molecule has 0 aromatic heterocycles. The summed E-state index contributed by atoms with van der Waals surface area (Å²) in [7, 11) is 0. The van der Waals surface area contributed by atoms with Crippen molar-refractivity contribution in [3.8, 4) is 0 Å². The molecule has 1 aromatic carbocycles. The Morgan fingerprint density at radius 2 is 2.00 bits per heavy atom. The molecule has 16 heavy (non-hydrogen) atoms. The van der Waals surface area contributed by atoms with Crippen molar-refractivity contribution in [2.75, 3.05) is 0 Å². The van der Waals surface area contributed by atoms with E-state index >= 15 is 0 Å². The Labute approximate surface area is 97.9 Å². The van der Waals surface area contributed by atoms with Crippen LogP contribution in [-0.4, -0.2) is 5.78 Å². The highest BCUT2D eigenvalue weighted by Gasteiger charge is 2.24. The van der Waals surface area contributed by atoms with E-state index in [1.54, 1.807) is 0 Å². The third kappa shape index (κ3) is 2.94. The lowest BCUT2D eigenvalue weighted by atomic mass is 9.90. The van der Waals surface area contributed by atoms with Gasteiger partial charge in [0, 0.05) is 12.3 Å². The number of carbonyl (C=O) groups is 1. The molecule has 1 aliphatic carbocycles. The van der Waals surface area contributed by atoms with Gasteiger partial charge in [-0.05, 0) is 24.3 Å². The van der Waals surface area contributed by atoms with E-state index < -0.39 is 0 Å². The quantitative estimate of drug-likeness (QED) is 0.704. The van der Waals surface area contributed by atoms with Crippen LogP contribution in [0.25, 0.3) is 0 Å². The maximum Gasteiger partial charge on any atom is 0.140 e. The molecular weight excluding hydrogens is 196 g/mol. The highest BCUT2D eigenvalue weighted by Crippen LogP contribution is 2.34. The monoisotopic (exact) mass is 216 g/mol. The van der Waals surface area contributed by atoms with Gasteiger partial charge in [0.15, 0.2) is 0 Å². The van der Waals surface area contributed by atoms with Gasteiger partial charge in [0.25, 0.3) is 0 Å². The molecule has 1 unspecified atom stereocenters. The maximum atomic E-state index is 12.1. The van der Waals surface area contributed by atoms with Crippen LogP contribution in [0.5, 0.6) is 0 Å². The molecule has 0 saturated heterocycles. The zero-order valence-electron chi connectivity index (χ0n) is 9.99. The van der Waals surface area contributed by atoms with Crippen LogP contribution < -0.4 is 0 Å². The van der Waals surface area contributed by atoms with Crippen molar-refractivity contribution in [3.05, 3.63) is 35.9 Å². The predicted octanol–water partition coefficient (Wildman–Crippen LogP) is 3.94. The molecule has 2 rings (SSSR count). The fourth-order valence-corrected chi connectivity index (χ4v) is 2.26. The number of carbonyl (C=O) groups excluding carboxylic acids is 1. The van der Waals surface area contributed by atoms with Gasteiger partial charge < -0.3 is 0 Å². The topological polar surface area (TPSA) is 17.1 Å². The van der Waals surface area contributed by atoms with Gasteiger partial charge in [0.05, 0.1) is 0 Å². The molecule has 86 valence electrons. The van der Waals surface area contributed by atoms with Crippen molar-refractivity contribution in [2.24, 2.45) is 5.92 Å². The van der Waals surface area contributed by atoms with Crippen molar-refractivity contribution in [1.82, 2.24) is 0 Å². The average molecular weight is 216 g/mol. The first-order chi connectivity index (χ1) is 7.81. The van der Waals surface area contributed by atoms with Gasteiger partial charge >= 0.3 is 0 Å². The molecular formula is C15H20O.